The van der Waals surface area contributed by atoms with Crippen molar-refractivity contribution in [2.75, 3.05) is 0 Å². The van der Waals surface area contributed by atoms with Crippen LogP contribution in [0.2, 0.25) is 0 Å². The van der Waals surface area contributed by atoms with Crippen molar-refractivity contribution in [3.63, 3.8) is 0 Å². The fourth-order valence-electron chi connectivity index (χ4n) is 4.40. The number of aliphatic hydroxyl groups is 1. The third-order valence-corrected chi connectivity index (χ3v) is 7.43. The zero-order valence-corrected chi connectivity index (χ0v) is 26.9. The van der Waals surface area contributed by atoms with Gasteiger partial charge >= 0.3 is 0 Å². The second-order valence-corrected chi connectivity index (χ2v) is 11.8. The molecule has 0 amide bonds. The summed E-state index contributed by atoms with van der Waals surface area (Å²) >= 11 is 1.84. The van der Waals surface area contributed by atoms with Crippen molar-refractivity contribution in [1.29, 1.82) is 0 Å². The van der Waals surface area contributed by atoms with Crippen molar-refractivity contribution in [3.8, 4) is 32.8 Å². The van der Waals surface area contributed by atoms with Gasteiger partial charge in [0.25, 0.3) is 0 Å². The summed E-state index contributed by atoms with van der Waals surface area (Å²) in [6, 6.07) is 31.5. The summed E-state index contributed by atoms with van der Waals surface area (Å²) in [7, 11) is 0. The molecule has 0 saturated carbocycles. The Morgan fingerprint density at radius 2 is 1.52 bits per heavy atom. The number of pyridine rings is 1. The Bertz CT molecular complexity index is 1630. The maximum Gasteiger partial charge on any atom is 0.155 e. The number of ketones is 1. The molecule has 3 nitrogen and oxygen atoms in total. The molecule has 207 valence electrons. The Balaban J connectivity index is 0.000000492. The first-order valence-electron chi connectivity index (χ1n) is 13.0. The van der Waals surface area contributed by atoms with Gasteiger partial charge in [0.05, 0.1) is 5.76 Å². The van der Waals surface area contributed by atoms with E-state index < -0.39 is 0 Å². The molecule has 1 N–H and O–H groups in total. The number of benzene rings is 3. The van der Waals surface area contributed by atoms with Crippen LogP contribution in [0, 0.1) is 13.0 Å². The van der Waals surface area contributed by atoms with Gasteiger partial charge < -0.3 is 10.1 Å². The van der Waals surface area contributed by atoms with Crippen LogP contribution in [0.25, 0.3) is 42.9 Å². The average molecular weight is 725 g/mol. The maximum atomic E-state index is 10.0. The summed E-state index contributed by atoms with van der Waals surface area (Å²) in [6.07, 6.45) is 3.21. The molecule has 2 heterocycles. The SMILES string of the molecule is CC(=O)/C=C(/C)O.Cc1[c-]c(-c2cc3sc(-c4ccccc4)c(-c4ccccc4)c3cn2)cc(C(C)(C)C)c1.[Ir]. The van der Waals surface area contributed by atoms with Crippen molar-refractivity contribution in [2.45, 2.75) is 47.0 Å². The number of aromatic nitrogens is 1. The Labute approximate surface area is 255 Å². The third-order valence-electron chi connectivity index (χ3n) is 6.23. The van der Waals surface area contributed by atoms with Crippen LogP contribution in [0.3, 0.4) is 0 Å². The summed E-state index contributed by atoms with van der Waals surface area (Å²) in [5.41, 5.74) is 8.32. The summed E-state index contributed by atoms with van der Waals surface area (Å²) in [5, 5.41) is 9.56. The first-order valence-corrected chi connectivity index (χ1v) is 13.8. The maximum absolute atomic E-state index is 10.0. The van der Waals surface area contributed by atoms with Crippen molar-refractivity contribution < 1.29 is 30.0 Å². The molecule has 0 saturated heterocycles. The van der Waals surface area contributed by atoms with E-state index in [0.717, 1.165) is 16.8 Å². The molecule has 1 radical (unpaired) electrons. The van der Waals surface area contributed by atoms with E-state index in [1.165, 1.54) is 57.1 Å². The molecule has 0 aliphatic rings. The van der Waals surface area contributed by atoms with E-state index in [4.69, 9.17) is 10.1 Å². The molecule has 2 aromatic heterocycles. The molecule has 0 fully saturated rings. The van der Waals surface area contributed by atoms with Gasteiger partial charge in [0, 0.05) is 52.9 Å². The molecule has 0 unspecified atom stereocenters. The van der Waals surface area contributed by atoms with Gasteiger partial charge in [-0.25, -0.2) is 0 Å². The van der Waals surface area contributed by atoms with E-state index in [9.17, 15) is 4.79 Å². The second-order valence-electron chi connectivity index (χ2n) is 10.7. The number of nitrogens with zero attached hydrogens (tertiary/aromatic N) is 1. The smallest absolute Gasteiger partial charge is 0.155 e. The van der Waals surface area contributed by atoms with E-state index in [-0.39, 0.29) is 37.1 Å². The minimum Gasteiger partial charge on any atom is -0.512 e. The van der Waals surface area contributed by atoms with Crippen LogP contribution < -0.4 is 0 Å². The topological polar surface area (TPSA) is 50.2 Å². The van der Waals surface area contributed by atoms with Gasteiger partial charge in [-0.15, -0.1) is 46.2 Å². The molecule has 0 spiro atoms. The van der Waals surface area contributed by atoms with E-state index in [0.29, 0.717) is 0 Å². The van der Waals surface area contributed by atoms with Crippen molar-refractivity contribution in [1.82, 2.24) is 4.98 Å². The predicted molar refractivity (Wildman–Crippen MR) is 165 cm³/mol. The quantitative estimate of drug-likeness (QED) is 0.114. The number of allylic oxidation sites excluding steroid dienone is 2. The molecular weight excluding hydrogens is 691 g/mol. The van der Waals surface area contributed by atoms with Crippen molar-refractivity contribution in [2.24, 2.45) is 0 Å². The number of hydrogen-bond acceptors (Lipinski definition) is 4. The molecule has 0 atom stereocenters. The van der Waals surface area contributed by atoms with Crippen molar-refractivity contribution in [3.05, 3.63) is 114 Å². The van der Waals surface area contributed by atoms with Gasteiger partial charge in [-0.3, -0.25) is 4.79 Å². The molecule has 5 aromatic rings. The summed E-state index contributed by atoms with van der Waals surface area (Å²) < 4.78 is 1.25. The first kappa shape index (κ1) is 31.2. The molecule has 0 bridgehead atoms. The van der Waals surface area contributed by atoms with Crippen LogP contribution in [0.5, 0.6) is 0 Å². The van der Waals surface area contributed by atoms with Crippen LogP contribution >= 0.6 is 11.3 Å². The minimum absolute atomic E-state index is 0. The number of carbonyl (C=O) groups is 1. The first-order chi connectivity index (χ1) is 18.5. The number of aryl methyl sites for hydroxylation is 1. The van der Waals surface area contributed by atoms with Gasteiger partial charge in [-0.1, -0.05) is 94.4 Å². The number of hydrogen-bond donors (Lipinski definition) is 1. The normalized spacial score (nSPS) is 11.4. The molecule has 0 aliphatic heterocycles. The van der Waals surface area contributed by atoms with Crippen LogP contribution in [-0.2, 0) is 30.3 Å². The Morgan fingerprint density at radius 3 is 2.05 bits per heavy atom. The second kappa shape index (κ2) is 13.3. The molecular formula is C35H34IrNO2S-. The third kappa shape index (κ3) is 7.63. The van der Waals surface area contributed by atoms with Crippen LogP contribution in [0.15, 0.2) is 96.9 Å². The summed E-state index contributed by atoms with van der Waals surface area (Å²) in [6.45, 7) is 11.7. The fourth-order valence-corrected chi connectivity index (χ4v) is 5.64. The minimum atomic E-state index is -0.125. The van der Waals surface area contributed by atoms with Gasteiger partial charge in [0.2, 0.25) is 0 Å². The van der Waals surface area contributed by atoms with Gasteiger partial charge in [0.15, 0.2) is 5.78 Å². The van der Waals surface area contributed by atoms with Gasteiger partial charge in [-0.2, -0.15) is 0 Å². The van der Waals surface area contributed by atoms with Crippen LogP contribution in [-0.4, -0.2) is 15.9 Å². The number of carbonyl (C=O) groups excluding carboxylic acids is 1. The van der Waals surface area contributed by atoms with Gasteiger partial charge in [0.1, 0.15) is 0 Å². The summed E-state index contributed by atoms with van der Waals surface area (Å²) in [4.78, 5) is 16.2. The fraction of sp³-hybridized carbons (Fsp3) is 0.200. The Hall–Kier alpha value is -3.37. The van der Waals surface area contributed by atoms with Crippen LogP contribution in [0.4, 0.5) is 0 Å². The Morgan fingerprint density at radius 1 is 0.925 bits per heavy atom. The number of fused-ring (bicyclic) bond motifs is 1. The zero-order chi connectivity index (χ0) is 28.2. The van der Waals surface area contributed by atoms with Crippen LogP contribution in [0.1, 0.15) is 45.7 Å². The van der Waals surface area contributed by atoms with E-state index in [1.807, 2.05) is 17.5 Å². The molecule has 3 aromatic carbocycles. The van der Waals surface area contributed by atoms with Gasteiger partial charge in [-0.05, 0) is 36.1 Å². The zero-order valence-electron chi connectivity index (χ0n) is 23.7. The van der Waals surface area contributed by atoms with E-state index in [1.54, 1.807) is 0 Å². The largest absolute Gasteiger partial charge is 0.512 e. The predicted octanol–water partition coefficient (Wildman–Crippen LogP) is 9.74. The number of rotatable bonds is 4. The molecule has 40 heavy (non-hydrogen) atoms. The Kier molecular flexibility index (Phi) is 10.4. The number of aliphatic hydroxyl groups excluding tert-OH is 1. The average Bonchev–Trinajstić information content (AvgIpc) is 3.27. The molecule has 5 rings (SSSR count). The van der Waals surface area contributed by atoms with E-state index in [2.05, 4.69) is 113 Å². The van der Waals surface area contributed by atoms with Crippen molar-refractivity contribution >= 4 is 27.2 Å². The van der Waals surface area contributed by atoms with E-state index >= 15 is 0 Å². The monoisotopic (exact) mass is 725 g/mol. The molecule has 5 heteroatoms. The standard InChI is InChI=1S/C30H26NS.C5H8O2.Ir/c1-20-15-23(17-24(16-20)30(2,3)4)26-18-27-25(19-31-26)28(21-11-7-5-8-12-21)29(32-27)22-13-9-6-10-14-22;1-4(6)3-5(2)7;/h5-14,16-19H,1-4H3;3,6H,1-2H3;/q-1;;/b;4-3-;. The number of thiophene rings is 1. The summed E-state index contributed by atoms with van der Waals surface area (Å²) in [5.74, 6) is -0.0625. The molecule has 0 aliphatic carbocycles.